The zero-order chi connectivity index (χ0) is 20.4. The van der Waals surface area contributed by atoms with Crippen LogP contribution >= 0.6 is 0 Å². The summed E-state index contributed by atoms with van der Waals surface area (Å²) in [4.78, 5) is 23.0. The van der Waals surface area contributed by atoms with Crippen molar-refractivity contribution in [2.45, 2.75) is 6.92 Å². The molecule has 1 N–H and O–H groups in total. The van der Waals surface area contributed by atoms with E-state index in [1.54, 1.807) is 25.3 Å². The number of aryl methyl sites for hydroxylation is 1. The molecular formula is C23H17N3O3. The Morgan fingerprint density at radius 3 is 2.21 bits per heavy atom. The summed E-state index contributed by atoms with van der Waals surface area (Å²) < 4.78 is 0. The van der Waals surface area contributed by atoms with E-state index >= 15 is 0 Å². The van der Waals surface area contributed by atoms with Crippen molar-refractivity contribution in [2.75, 3.05) is 0 Å². The van der Waals surface area contributed by atoms with E-state index in [2.05, 4.69) is 16.6 Å². The van der Waals surface area contributed by atoms with Gasteiger partial charge in [-0.15, -0.1) is 0 Å². The predicted molar refractivity (Wildman–Crippen MR) is 114 cm³/mol. The molecular weight excluding hydrogens is 366 g/mol. The standard InChI is InChI=1S/C23H17N3O3/c1-15-10-11-18(13-22(15)26(28)29)23(27)25-24-14-21-19-8-4-2-6-16(19)12-17-7-3-5-9-20(17)21/h2-14H,1H3,(H,25,27)/b24-14-. The third-order valence-electron chi connectivity index (χ3n) is 4.84. The first-order valence-electron chi connectivity index (χ1n) is 9.03. The zero-order valence-electron chi connectivity index (χ0n) is 15.6. The monoisotopic (exact) mass is 383 g/mol. The second-order valence-electron chi connectivity index (χ2n) is 6.69. The molecule has 0 aliphatic heterocycles. The van der Waals surface area contributed by atoms with Crippen molar-refractivity contribution in [3.8, 4) is 0 Å². The lowest BCUT2D eigenvalue weighted by Crippen LogP contribution is -2.18. The fourth-order valence-corrected chi connectivity index (χ4v) is 3.36. The van der Waals surface area contributed by atoms with Crippen LogP contribution in [0.3, 0.4) is 0 Å². The molecule has 0 radical (unpaired) electrons. The summed E-state index contributed by atoms with van der Waals surface area (Å²) in [6.45, 7) is 1.63. The van der Waals surface area contributed by atoms with Crippen molar-refractivity contribution in [3.05, 3.63) is 99.6 Å². The number of benzene rings is 4. The molecule has 0 spiro atoms. The molecule has 142 valence electrons. The highest BCUT2D eigenvalue weighted by atomic mass is 16.6. The molecule has 0 saturated carbocycles. The highest BCUT2D eigenvalue weighted by molar-refractivity contribution is 6.13. The van der Waals surface area contributed by atoms with Crippen LogP contribution in [0.15, 0.2) is 77.9 Å². The number of nitrogens with zero attached hydrogens (tertiary/aromatic N) is 2. The number of hydrogen-bond acceptors (Lipinski definition) is 4. The SMILES string of the molecule is Cc1ccc(C(=O)N/N=C\c2c3ccccc3cc3ccccc23)cc1[N+](=O)[O-]. The van der Waals surface area contributed by atoms with Gasteiger partial charge in [0.2, 0.25) is 0 Å². The summed E-state index contributed by atoms with van der Waals surface area (Å²) in [6, 6.07) is 22.4. The van der Waals surface area contributed by atoms with Gasteiger partial charge in [-0.05, 0) is 40.6 Å². The summed E-state index contributed by atoms with van der Waals surface area (Å²) in [5, 5.41) is 19.4. The molecule has 6 heteroatoms. The first kappa shape index (κ1) is 18.3. The summed E-state index contributed by atoms with van der Waals surface area (Å²) >= 11 is 0. The smallest absolute Gasteiger partial charge is 0.267 e. The number of nitro groups is 1. The molecule has 6 nitrogen and oxygen atoms in total. The first-order valence-corrected chi connectivity index (χ1v) is 9.03. The normalized spacial score (nSPS) is 11.2. The third-order valence-corrected chi connectivity index (χ3v) is 4.84. The number of nitro benzene ring substituents is 1. The Kier molecular flexibility index (Phi) is 4.75. The molecule has 0 bridgehead atoms. The number of fused-ring (bicyclic) bond motifs is 2. The van der Waals surface area contributed by atoms with Gasteiger partial charge in [-0.1, -0.05) is 54.6 Å². The Balaban J connectivity index is 1.67. The second kappa shape index (κ2) is 7.52. The first-order chi connectivity index (χ1) is 14.0. The minimum atomic E-state index is -0.506. The lowest BCUT2D eigenvalue weighted by atomic mass is 9.97. The molecule has 0 atom stereocenters. The van der Waals surface area contributed by atoms with Crippen LogP contribution in [-0.4, -0.2) is 17.0 Å². The Hall–Kier alpha value is -4.06. The Labute approximate surface area is 166 Å². The van der Waals surface area contributed by atoms with Crippen molar-refractivity contribution < 1.29 is 9.72 Å². The van der Waals surface area contributed by atoms with Crippen LogP contribution in [0.1, 0.15) is 21.5 Å². The van der Waals surface area contributed by atoms with Gasteiger partial charge in [0.05, 0.1) is 11.1 Å². The number of rotatable bonds is 4. The molecule has 0 fully saturated rings. The van der Waals surface area contributed by atoms with E-state index in [0.717, 1.165) is 27.1 Å². The lowest BCUT2D eigenvalue weighted by Gasteiger charge is -2.08. The fourth-order valence-electron chi connectivity index (χ4n) is 3.36. The maximum Gasteiger partial charge on any atom is 0.273 e. The van der Waals surface area contributed by atoms with Crippen LogP contribution in [0.5, 0.6) is 0 Å². The Bertz CT molecular complexity index is 1240. The van der Waals surface area contributed by atoms with E-state index in [4.69, 9.17) is 0 Å². The molecule has 4 aromatic carbocycles. The van der Waals surface area contributed by atoms with E-state index in [1.807, 2.05) is 48.5 Å². The topological polar surface area (TPSA) is 84.6 Å². The molecule has 1 amide bonds. The molecule has 0 saturated heterocycles. The third kappa shape index (κ3) is 3.55. The van der Waals surface area contributed by atoms with Gasteiger partial charge in [0.15, 0.2) is 0 Å². The zero-order valence-corrected chi connectivity index (χ0v) is 15.6. The number of carbonyl (C=O) groups is 1. The average molecular weight is 383 g/mol. The lowest BCUT2D eigenvalue weighted by molar-refractivity contribution is -0.385. The number of nitrogens with one attached hydrogen (secondary N) is 1. The molecule has 0 aliphatic carbocycles. The summed E-state index contributed by atoms with van der Waals surface area (Å²) in [5.41, 5.74) is 3.95. The predicted octanol–water partition coefficient (Wildman–Crippen LogP) is 4.97. The van der Waals surface area contributed by atoms with E-state index in [0.29, 0.717) is 5.56 Å². The molecule has 0 aromatic heterocycles. The second-order valence-corrected chi connectivity index (χ2v) is 6.69. The van der Waals surface area contributed by atoms with Crippen molar-refractivity contribution >= 4 is 39.4 Å². The minimum Gasteiger partial charge on any atom is -0.267 e. The average Bonchev–Trinajstić information content (AvgIpc) is 2.73. The summed E-state index contributed by atoms with van der Waals surface area (Å²) in [5.74, 6) is -0.506. The molecule has 0 unspecified atom stereocenters. The number of amides is 1. The van der Waals surface area contributed by atoms with Crippen LogP contribution in [0.4, 0.5) is 5.69 Å². The summed E-state index contributed by atoms with van der Waals surface area (Å²) in [6.07, 6.45) is 1.62. The minimum absolute atomic E-state index is 0.0957. The van der Waals surface area contributed by atoms with Gasteiger partial charge < -0.3 is 0 Å². The molecule has 4 rings (SSSR count). The maximum atomic E-state index is 12.4. The van der Waals surface area contributed by atoms with Gasteiger partial charge in [0.25, 0.3) is 11.6 Å². The van der Waals surface area contributed by atoms with Gasteiger partial charge in [-0.3, -0.25) is 14.9 Å². The van der Waals surface area contributed by atoms with Crippen molar-refractivity contribution in [3.63, 3.8) is 0 Å². The molecule has 0 heterocycles. The largest absolute Gasteiger partial charge is 0.273 e. The van der Waals surface area contributed by atoms with Crippen LogP contribution in [0.2, 0.25) is 0 Å². The summed E-state index contributed by atoms with van der Waals surface area (Å²) in [7, 11) is 0. The van der Waals surface area contributed by atoms with Crippen LogP contribution < -0.4 is 5.43 Å². The Morgan fingerprint density at radius 2 is 1.59 bits per heavy atom. The van der Waals surface area contributed by atoms with Gasteiger partial charge in [-0.2, -0.15) is 5.10 Å². The number of hydrazone groups is 1. The van der Waals surface area contributed by atoms with Gasteiger partial charge in [0.1, 0.15) is 0 Å². The fraction of sp³-hybridized carbons (Fsp3) is 0.0435. The van der Waals surface area contributed by atoms with E-state index in [-0.39, 0.29) is 11.3 Å². The number of hydrogen-bond donors (Lipinski definition) is 1. The molecule has 4 aromatic rings. The van der Waals surface area contributed by atoms with Gasteiger partial charge in [0, 0.05) is 22.8 Å². The van der Waals surface area contributed by atoms with Crippen molar-refractivity contribution in [2.24, 2.45) is 5.10 Å². The van der Waals surface area contributed by atoms with Crippen LogP contribution in [-0.2, 0) is 0 Å². The van der Waals surface area contributed by atoms with E-state index < -0.39 is 10.8 Å². The van der Waals surface area contributed by atoms with E-state index in [1.165, 1.54) is 6.07 Å². The Morgan fingerprint density at radius 1 is 0.966 bits per heavy atom. The van der Waals surface area contributed by atoms with Crippen molar-refractivity contribution in [1.29, 1.82) is 0 Å². The van der Waals surface area contributed by atoms with Crippen LogP contribution in [0.25, 0.3) is 21.5 Å². The van der Waals surface area contributed by atoms with Crippen LogP contribution in [0, 0.1) is 17.0 Å². The van der Waals surface area contributed by atoms with Gasteiger partial charge in [-0.25, -0.2) is 5.43 Å². The van der Waals surface area contributed by atoms with Crippen molar-refractivity contribution in [1.82, 2.24) is 5.43 Å². The number of carbonyl (C=O) groups excluding carboxylic acids is 1. The quantitative estimate of drug-likeness (QED) is 0.234. The highest BCUT2D eigenvalue weighted by Gasteiger charge is 2.14. The molecule has 0 aliphatic rings. The molecule has 29 heavy (non-hydrogen) atoms. The van der Waals surface area contributed by atoms with E-state index in [9.17, 15) is 14.9 Å². The maximum absolute atomic E-state index is 12.4. The van der Waals surface area contributed by atoms with Gasteiger partial charge >= 0.3 is 0 Å². The highest BCUT2D eigenvalue weighted by Crippen LogP contribution is 2.27.